The van der Waals surface area contributed by atoms with E-state index in [1.807, 2.05) is 0 Å². The molecule has 1 saturated heterocycles. The number of amides is 2. The van der Waals surface area contributed by atoms with Gasteiger partial charge in [-0.1, -0.05) is 23.1 Å². The summed E-state index contributed by atoms with van der Waals surface area (Å²) in [6.07, 6.45) is 0.208. The van der Waals surface area contributed by atoms with Gasteiger partial charge in [-0.2, -0.15) is 0 Å². The number of thioether (sulfide) groups is 1. The maximum Gasteiger partial charge on any atom is 0.350 e. The third-order valence-corrected chi connectivity index (χ3v) is 4.90. The van der Waals surface area contributed by atoms with Gasteiger partial charge < -0.3 is 15.0 Å². The molecule has 0 aliphatic carbocycles. The molecule has 2 amide bonds. The molecule has 1 aromatic rings. The van der Waals surface area contributed by atoms with Gasteiger partial charge >= 0.3 is 5.97 Å². The van der Waals surface area contributed by atoms with Crippen LogP contribution in [0.25, 0.3) is 0 Å². The lowest BCUT2D eigenvalue weighted by atomic mass is 10.3. The van der Waals surface area contributed by atoms with Crippen molar-refractivity contribution in [3.05, 3.63) is 10.6 Å². The standard InChI is InChI=1S/C13H17N3O4S2/c1-3-20-11(18)10-8(2)14-12(22-10)15-9(17)4-5-16-6-7-21-13(16)19/h3-7H2,1-2H3,(H,14,15,17). The van der Waals surface area contributed by atoms with Crippen molar-refractivity contribution < 1.29 is 19.1 Å². The molecule has 1 aromatic heterocycles. The smallest absolute Gasteiger partial charge is 0.350 e. The van der Waals surface area contributed by atoms with Gasteiger partial charge in [0, 0.05) is 25.3 Å². The predicted octanol–water partition coefficient (Wildman–Crippen LogP) is 2.13. The first-order chi connectivity index (χ1) is 10.5. The Morgan fingerprint density at radius 2 is 2.23 bits per heavy atom. The quantitative estimate of drug-likeness (QED) is 0.796. The van der Waals surface area contributed by atoms with Crippen molar-refractivity contribution in [1.82, 2.24) is 9.88 Å². The lowest BCUT2D eigenvalue weighted by molar-refractivity contribution is -0.116. The van der Waals surface area contributed by atoms with E-state index in [0.717, 1.165) is 17.1 Å². The van der Waals surface area contributed by atoms with Crippen LogP contribution in [0.1, 0.15) is 28.7 Å². The number of rotatable bonds is 6. The average Bonchev–Trinajstić information content (AvgIpc) is 3.03. The Morgan fingerprint density at radius 3 is 2.86 bits per heavy atom. The molecule has 2 rings (SSSR count). The Kier molecular flexibility index (Phi) is 5.78. The highest BCUT2D eigenvalue weighted by Crippen LogP contribution is 2.23. The second kappa shape index (κ2) is 7.59. The molecule has 0 unspecified atom stereocenters. The second-order valence-electron chi connectivity index (χ2n) is 4.55. The Balaban J connectivity index is 1.87. The summed E-state index contributed by atoms with van der Waals surface area (Å²) in [7, 11) is 0. The molecule has 2 heterocycles. The van der Waals surface area contributed by atoms with Gasteiger partial charge in [0.15, 0.2) is 5.13 Å². The van der Waals surface area contributed by atoms with Crippen LogP contribution in [0.4, 0.5) is 9.93 Å². The van der Waals surface area contributed by atoms with Crippen molar-refractivity contribution in [3.63, 3.8) is 0 Å². The molecule has 0 bridgehead atoms. The molecule has 22 heavy (non-hydrogen) atoms. The summed E-state index contributed by atoms with van der Waals surface area (Å²) in [5, 5.41) is 3.04. The predicted molar refractivity (Wildman–Crippen MR) is 85.5 cm³/mol. The van der Waals surface area contributed by atoms with Crippen LogP contribution in [0, 0.1) is 6.92 Å². The second-order valence-corrected chi connectivity index (χ2v) is 6.60. The largest absolute Gasteiger partial charge is 0.462 e. The maximum absolute atomic E-state index is 11.9. The number of anilines is 1. The van der Waals surface area contributed by atoms with Gasteiger partial charge in [-0.05, 0) is 13.8 Å². The van der Waals surface area contributed by atoms with E-state index in [2.05, 4.69) is 10.3 Å². The SMILES string of the molecule is CCOC(=O)c1sc(NC(=O)CCN2CCSC2=O)nc1C. The number of carbonyl (C=O) groups is 3. The summed E-state index contributed by atoms with van der Waals surface area (Å²) in [4.78, 5) is 41.2. The van der Waals surface area contributed by atoms with Crippen LogP contribution in [0.3, 0.4) is 0 Å². The number of nitrogens with zero attached hydrogens (tertiary/aromatic N) is 2. The normalized spacial score (nSPS) is 14.3. The molecule has 0 atom stereocenters. The molecule has 7 nitrogen and oxygen atoms in total. The number of nitrogens with one attached hydrogen (secondary N) is 1. The number of aryl methyl sites for hydroxylation is 1. The summed E-state index contributed by atoms with van der Waals surface area (Å²) in [5.74, 6) is 0.112. The van der Waals surface area contributed by atoms with Crippen LogP contribution >= 0.6 is 23.1 Å². The Morgan fingerprint density at radius 1 is 1.45 bits per heavy atom. The molecule has 1 aliphatic rings. The Labute approximate surface area is 136 Å². The molecular weight excluding hydrogens is 326 g/mol. The van der Waals surface area contributed by atoms with Crippen molar-refractivity contribution in [1.29, 1.82) is 0 Å². The maximum atomic E-state index is 11.9. The fraction of sp³-hybridized carbons (Fsp3) is 0.538. The number of hydrogen-bond acceptors (Lipinski definition) is 7. The van der Waals surface area contributed by atoms with Crippen LogP contribution in [0.15, 0.2) is 0 Å². The summed E-state index contributed by atoms with van der Waals surface area (Å²) in [5.41, 5.74) is 0.532. The van der Waals surface area contributed by atoms with Gasteiger partial charge in [0.2, 0.25) is 5.91 Å². The third-order valence-electron chi connectivity index (χ3n) is 2.96. The average molecular weight is 343 g/mol. The highest BCUT2D eigenvalue weighted by molar-refractivity contribution is 8.13. The van der Waals surface area contributed by atoms with Crippen LogP contribution in [-0.2, 0) is 9.53 Å². The molecule has 9 heteroatoms. The van der Waals surface area contributed by atoms with Crippen LogP contribution in [0.5, 0.6) is 0 Å². The monoisotopic (exact) mass is 343 g/mol. The van der Waals surface area contributed by atoms with Gasteiger partial charge in [0.1, 0.15) is 4.88 Å². The number of hydrogen-bond donors (Lipinski definition) is 1. The van der Waals surface area contributed by atoms with Crippen molar-refractivity contribution in [2.75, 3.05) is 30.8 Å². The summed E-state index contributed by atoms with van der Waals surface area (Å²) in [6, 6.07) is 0. The summed E-state index contributed by atoms with van der Waals surface area (Å²) in [6.45, 7) is 4.79. The number of aromatic nitrogens is 1. The summed E-state index contributed by atoms with van der Waals surface area (Å²) < 4.78 is 4.93. The first kappa shape index (κ1) is 16.8. The number of esters is 1. The Bertz CT molecular complexity index is 588. The first-order valence-corrected chi connectivity index (χ1v) is 8.67. The fourth-order valence-electron chi connectivity index (χ4n) is 1.88. The highest BCUT2D eigenvalue weighted by atomic mass is 32.2. The van der Waals surface area contributed by atoms with E-state index in [-0.39, 0.29) is 17.6 Å². The van der Waals surface area contributed by atoms with E-state index >= 15 is 0 Å². The van der Waals surface area contributed by atoms with Gasteiger partial charge in [0.05, 0.1) is 12.3 Å². The molecule has 1 fully saturated rings. The lowest BCUT2D eigenvalue weighted by Crippen LogP contribution is -2.27. The molecular formula is C13H17N3O4S2. The van der Waals surface area contributed by atoms with E-state index in [9.17, 15) is 14.4 Å². The third kappa shape index (κ3) is 4.20. The molecule has 0 saturated carbocycles. The van der Waals surface area contributed by atoms with Crippen LogP contribution < -0.4 is 5.32 Å². The minimum atomic E-state index is -0.433. The molecule has 1 N–H and O–H groups in total. The molecule has 120 valence electrons. The molecule has 0 spiro atoms. The van der Waals surface area contributed by atoms with Gasteiger partial charge in [-0.3, -0.25) is 9.59 Å². The lowest BCUT2D eigenvalue weighted by Gasteiger charge is -2.13. The van der Waals surface area contributed by atoms with Gasteiger partial charge in [-0.25, -0.2) is 9.78 Å². The van der Waals surface area contributed by atoms with Gasteiger partial charge in [0.25, 0.3) is 5.24 Å². The number of ether oxygens (including phenoxy) is 1. The van der Waals surface area contributed by atoms with E-state index < -0.39 is 5.97 Å². The topological polar surface area (TPSA) is 88.6 Å². The number of carbonyl (C=O) groups excluding carboxylic acids is 3. The first-order valence-electron chi connectivity index (χ1n) is 6.87. The summed E-state index contributed by atoms with van der Waals surface area (Å²) >= 11 is 2.36. The zero-order valence-electron chi connectivity index (χ0n) is 12.4. The minimum absolute atomic E-state index is 0.0162. The zero-order chi connectivity index (χ0) is 16.1. The molecule has 0 aromatic carbocycles. The zero-order valence-corrected chi connectivity index (χ0v) is 14.0. The Hall–Kier alpha value is -1.61. The number of thiazole rings is 1. The van der Waals surface area contributed by atoms with E-state index in [0.29, 0.717) is 35.4 Å². The van der Waals surface area contributed by atoms with Crippen molar-refractivity contribution in [2.24, 2.45) is 0 Å². The van der Waals surface area contributed by atoms with Crippen molar-refractivity contribution in [3.8, 4) is 0 Å². The van der Waals surface area contributed by atoms with Gasteiger partial charge in [-0.15, -0.1) is 0 Å². The van der Waals surface area contributed by atoms with E-state index in [1.54, 1.807) is 18.7 Å². The molecule has 1 aliphatic heterocycles. The minimum Gasteiger partial charge on any atom is -0.462 e. The molecule has 0 radical (unpaired) electrons. The van der Waals surface area contributed by atoms with E-state index in [4.69, 9.17) is 4.74 Å². The van der Waals surface area contributed by atoms with Crippen molar-refractivity contribution in [2.45, 2.75) is 20.3 Å². The fourth-order valence-corrected chi connectivity index (χ4v) is 3.61. The van der Waals surface area contributed by atoms with Crippen molar-refractivity contribution >= 4 is 45.3 Å². The van der Waals surface area contributed by atoms with E-state index in [1.165, 1.54) is 11.8 Å². The van der Waals surface area contributed by atoms with Crippen LogP contribution in [0.2, 0.25) is 0 Å². The van der Waals surface area contributed by atoms with Crippen LogP contribution in [-0.4, -0.2) is 52.4 Å². The highest BCUT2D eigenvalue weighted by Gasteiger charge is 2.22.